The van der Waals surface area contributed by atoms with Gasteiger partial charge in [-0.15, -0.1) is 0 Å². The lowest BCUT2D eigenvalue weighted by molar-refractivity contribution is 0.0696. The summed E-state index contributed by atoms with van der Waals surface area (Å²) in [6.07, 6.45) is 0. The van der Waals surface area contributed by atoms with E-state index in [9.17, 15) is 4.79 Å². The number of carboxylic acid groups (broad SMARTS) is 1. The number of rotatable bonds is 9. The third kappa shape index (κ3) is 5.49. The first-order valence-electron chi connectivity index (χ1n) is 8.77. The number of carboxylic acids is 1. The summed E-state index contributed by atoms with van der Waals surface area (Å²) in [7, 11) is 1.64. The maximum absolute atomic E-state index is 11.1. The Hall–Kier alpha value is -2.53. The van der Waals surface area contributed by atoms with Gasteiger partial charge in [0.15, 0.2) is 11.5 Å². The van der Waals surface area contributed by atoms with Crippen LogP contribution in [0.5, 0.6) is 11.5 Å². The topological polar surface area (TPSA) is 67.8 Å². The van der Waals surface area contributed by atoms with E-state index in [1.807, 2.05) is 24.3 Å². The highest BCUT2D eigenvalue weighted by atomic mass is 16.5. The Balaban J connectivity index is 2.03. The largest absolute Gasteiger partial charge is 0.493 e. The summed E-state index contributed by atoms with van der Waals surface area (Å²) in [6.45, 7) is 7.49. The van der Waals surface area contributed by atoms with Gasteiger partial charge < -0.3 is 19.9 Å². The van der Waals surface area contributed by atoms with Crippen LogP contribution in [-0.2, 0) is 6.54 Å². The van der Waals surface area contributed by atoms with E-state index in [1.54, 1.807) is 25.3 Å². The second-order valence-corrected chi connectivity index (χ2v) is 6.72. The van der Waals surface area contributed by atoms with Gasteiger partial charge in [0.2, 0.25) is 0 Å². The molecule has 0 aliphatic heterocycles. The summed E-state index contributed by atoms with van der Waals surface area (Å²) in [4.78, 5) is 11.1. The third-order valence-electron chi connectivity index (χ3n) is 4.05. The molecule has 0 saturated heterocycles. The van der Waals surface area contributed by atoms with E-state index < -0.39 is 5.97 Å². The highest BCUT2D eigenvalue weighted by Crippen LogP contribution is 2.30. The molecule has 2 aromatic rings. The lowest BCUT2D eigenvalue weighted by Gasteiger charge is -2.18. The number of nitrogens with one attached hydrogen (secondary N) is 1. The molecular formula is C21H27NO4. The van der Waals surface area contributed by atoms with Crippen LogP contribution >= 0.6 is 0 Å². The van der Waals surface area contributed by atoms with Gasteiger partial charge in [0.25, 0.3) is 0 Å². The van der Waals surface area contributed by atoms with E-state index in [0.29, 0.717) is 30.4 Å². The summed E-state index contributed by atoms with van der Waals surface area (Å²) in [6, 6.07) is 13.0. The fraction of sp³-hybridized carbons (Fsp3) is 0.381. The Morgan fingerprint density at radius 3 is 2.54 bits per heavy atom. The lowest BCUT2D eigenvalue weighted by Crippen LogP contribution is -2.18. The van der Waals surface area contributed by atoms with Crippen molar-refractivity contribution in [3.63, 3.8) is 0 Å². The summed E-state index contributed by atoms with van der Waals surface area (Å²) in [5, 5.41) is 12.5. The van der Waals surface area contributed by atoms with Crippen LogP contribution in [0.2, 0.25) is 0 Å². The zero-order valence-electron chi connectivity index (χ0n) is 15.8. The van der Waals surface area contributed by atoms with E-state index >= 15 is 0 Å². The minimum absolute atomic E-state index is 0.0801. The Morgan fingerprint density at radius 2 is 1.88 bits per heavy atom. The Kier molecular flexibility index (Phi) is 7.04. The molecule has 0 fully saturated rings. The second-order valence-electron chi connectivity index (χ2n) is 6.72. The normalized spacial score (nSPS) is 12.0. The molecule has 5 heteroatoms. The highest BCUT2D eigenvalue weighted by molar-refractivity contribution is 5.87. The van der Waals surface area contributed by atoms with Crippen LogP contribution in [-0.4, -0.2) is 24.8 Å². The van der Waals surface area contributed by atoms with E-state index in [4.69, 9.17) is 14.6 Å². The zero-order chi connectivity index (χ0) is 19.1. The van der Waals surface area contributed by atoms with Crippen LogP contribution in [0.1, 0.15) is 48.3 Å². The molecule has 0 spiro atoms. The van der Waals surface area contributed by atoms with Crippen LogP contribution in [0.25, 0.3) is 0 Å². The van der Waals surface area contributed by atoms with Crippen LogP contribution in [0.4, 0.5) is 0 Å². The predicted octanol–water partition coefficient (Wildman–Crippen LogP) is 4.28. The van der Waals surface area contributed by atoms with E-state index in [1.165, 1.54) is 0 Å². The quantitative estimate of drug-likeness (QED) is 0.701. The van der Waals surface area contributed by atoms with Gasteiger partial charge >= 0.3 is 5.97 Å². The van der Waals surface area contributed by atoms with Crippen molar-refractivity contribution < 1.29 is 19.4 Å². The van der Waals surface area contributed by atoms with Crippen LogP contribution in [0, 0.1) is 5.92 Å². The van der Waals surface area contributed by atoms with Gasteiger partial charge in [-0.1, -0.05) is 32.0 Å². The molecular weight excluding hydrogens is 330 g/mol. The summed E-state index contributed by atoms with van der Waals surface area (Å²) in [5.41, 5.74) is 2.30. The number of hydrogen-bond donors (Lipinski definition) is 2. The first-order valence-corrected chi connectivity index (χ1v) is 8.77. The van der Waals surface area contributed by atoms with Crippen molar-refractivity contribution in [2.45, 2.75) is 33.4 Å². The number of ether oxygens (including phenoxy) is 2. The first kappa shape index (κ1) is 19.8. The van der Waals surface area contributed by atoms with Crippen molar-refractivity contribution in [2.75, 3.05) is 13.7 Å². The minimum atomic E-state index is -0.915. The molecule has 2 aromatic carbocycles. The van der Waals surface area contributed by atoms with Crippen molar-refractivity contribution in [1.82, 2.24) is 5.32 Å². The first-order chi connectivity index (χ1) is 12.4. The van der Waals surface area contributed by atoms with Crippen molar-refractivity contribution in [1.29, 1.82) is 0 Å². The maximum Gasteiger partial charge on any atom is 0.335 e. The van der Waals surface area contributed by atoms with Gasteiger partial charge in [0.1, 0.15) is 0 Å². The number of benzene rings is 2. The van der Waals surface area contributed by atoms with Crippen LogP contribution in [0.3, 0.4) is 0 Å². The monoisotopic (exact) mass is 357 g/mol. The molecule has 5 nitrogen and oxygen atoms in total. The molecule has 0 aliphatic rings. The molecule has 0 amide bonds. The lowest BCUT2D eigenvalue weighted by atomic mass is 10.1. The van der Waals surface area contributed by atoms with E-state index in [2.05, 4.69) is 26.1 Å². The van der Waals surface area contributed by atoms with Gasteiger partial charge in [0, 0.05) is 12.6 Å². The second kappa shape index (κ2) is 9.25. The van der Waals surface area contributed by atoms with Crippen molar-refractivity contribution in [3.05, 3.63) is 59.2 Å². The Labute approximate surface area is 155 Å². The van der Waals surface area contributed by atoms with E-state index in [0.717, 1.165) is 16.9 Å². The standard InChI is InChI=1S/C21H27NO4/c1-14(2)13-26-19-9-8-17(11-20(19)25-4)15(3)22-12-16-6-5-7-18(10-16)21(23)24/h5-11,14-15,22H,12-13H2,1-4H3,(H,23,24). The maximum atomic E-state index is 11.1. The molecule has 1 atom stereocenters. The summed E-state index contributed by atoms with van der Waals surface area (Å²) in [5.74, 6) is 0.985. The zero-order valence-corrected chi connectivity index (χ0v) is 15.8. The molecule has 140 valence electrons. The van der Waals surface area contributed by atoms with Gasteiger partial charge in [-0.25, -0.2) is 4.79 Å². The minimum Gasteiger partial charge on any atom is -0.493 e. The Morgan fingerprint density at radius 1 is 1.12 bits per heavy atom. The van der Waals surface area contributed by atoms with Gasteiger partial charge in [0.05, 0.1) is 19.3 Å². The molecule has 0 saturated carbocycles. The molecule has 0 aliphatic carbocycles. The fourth-order valence-electron chi connectivity index (χ4n) is 2.53. The third-order valence-corrected chi connectivity index (χ3v) is 4.05. The average Bonchev–Trinajstić information content (AvgIpc) is 2.64. The molecule has 2 rings (SSSR count). The SMILES string of the molecule is COc1cc(C(C)NCc2cccc(C(=O)O)c2)ccc1OCC(C)C. The van der Waals surface area contributed by atoms with Gasteiger partial charge in [-0.05, 0) is 48.2 Å². The Bertz CT molecular complexity index is 743. The molecule has 26 heavy (non-hydrogen) atoms. The van der Waals surface area contributed by atoms with Crippen LogP contribution < -0.4 is 14.8 Å². The van der Waals surface area contributed by atoms with Gasteiger partial charge in [-0.2, -0.15) is 0 Å². The molecule has 0 heterocycles. The predicted molar refractivity (Wildman–Crippen MR) is 102 cm³/mol. The average molecular weight is 357 g/mol. The van der Waals surface area contributed by atoms with E-state index in [-0.39, 0.29) is 6.04 Å². The van der Waals surface area contributed by atoms with Gasteiger partial charge in [-0.3, -0.25) is 0 Å². The number of carbonyl (C=O) groups is 1. The number of hydrogen-bond acceptors (Lipinski definition) is 4. The summed E-state index contributed by atoms with van der Waals surface area (Å²) < 4.78 is 11.2. The molecule has 1 unspecified atom stereocenters. The highest BCUT2D eigenvalue weighted by Gasteiger charge is 2.11. The van der Waals surface area contributed by atoms with Crippen molar-refractivity contribution in [2.24, 2.45) is 5.92 Å². The number of methoxy groups -OCH3 is 1. The van der Waals surface area contributed by atoms with Crippen molar-refractivity contribution in [3.8, 4) is 11.5 Å². The smallest absolute Gasteiger partial charge is 0.335 e. The van der Waals surface area contributed by atoms with Crippen molar-refractivity contribution >= 4 is 5.97 Å². The molecule has 2 N–H and O–H groups in total. The molecule has 0 radical (unpaired) electrons. The number of aromatic carboxylic acids is 1. The fourth-order valence-corrected chi connectivity index (χ4v) is 2.53. The summed E-state index contributed by atoms with van der Waals surface area (Å²) >= 11 is 0. The molecule has 0 aromatic heterocycles. The van der Waals surface area contributed by atoms with Crippen LogP contribution in [0.15, 0.2) is 42.5 Å². The molecule has 0 bridgehead atoms.